The van der Waals surface area contributed by atoms with Crippen LogP contribution in [0.25, 0.3) is 0 Å². The molecule has 1 fully saturated rings. The zero-order valence-electron chi connectivity index (χ0n) is 12.3. The highest BCUT2D eigenvalue weighted by Crippen LogP contribution is 2.26. The molecule has 0 unspecified atom stereocenters. The standard InChI is InChI=1S/C13H18N6O3/c1-8-5-10(14)19(17-8)7-12(20)15-6-11-16-13(22-18-11)9-3-2-4-21-9/h5,9H,2-4,6-7,14H2,1H3,(H,15,20)/t9-/m0/s1. The number of nitrogens with two attached hydrogens (primary N) is 1. The van der Waals surface area contributed by atoms with Crippen molar-refractivity contribution in [3.63, 3.8) is 0 Å². The summed E-state index contributed by atoms with van der Waals surface area (Å²) in [6, 6.07) is 1.71. The number of nitrogen functional groups attached to an aromatic ring is 1. The summed E-state index contributed by atoms with van der Waals surface area (Å²) in [5.41, 5.74) is 6.51. The maximum absolute atomic E-state index is 11.9. The van der Waals surface area contributed by atoms with Crippen molar-refractivity contribution in [2.45, 2.75) is 39.0 Å². The van der Waals surface area contributed by atoms with E-state index in [1.165, 1.54) is 4.68 Å². The van der Waals surface area contributed by atoms with E-state index in [1.807, 2.05) is 6.92 Å². The monoisotopic (exact) mass is 306 g/mol. The predicted octanol–water partition coefficient (Wildman–Crippen LogP) is 0.325. The summed E-state index contributed by atoms with van der Waals surface area (Å²) in [7, 11) is 0. The minimum Gasteiger partial charge on any atom is -0.384 e. The highest BCUT2D eigenvalue weighted by Gasteiger charge is 2.23. The molecular formula is C13H18N6O3. The van der Waals surface area contributed by atoms with Gasteiger partial charge in [0.05, 0.1) is 12.2 Å². The second-order valence-corrected chi connectivity index (χ2v) is 5.20. The molecule has 9 heteroatoms. The van der Waals surface area contributed by atoms with Crippen molar-refractivity contribution < 1.29 is 14.1 Å². The van der Waals surface area contributed by atoms with E-state index in [0.717, 1.165) is 18.5 Å². The zero-order chi connectivity index (χ0) is 15.5. The van der Waals surface area contributed by atoms with Gasteiger partial charge in [-0.15, -0.1) is 0 Å². The lowest BCUT2D eigenvalue weighted by Gasteiger charge is -2.04. The molecule has 2 aromatic heterocycles. The number of carbonyl (C=O) groups excluding carboxylic acids is 1. The lowest BCUT2D eigenvalue weighted by atomic mass is 10.2. The Kier molecular flexibility index (Phi) is 4.05. The fourth-order valence-corrected chi connectivity index (χ4v) is 2.30. The average molecular weight is 306 g/mol. The summed E-state index contributed by atoms with van der Waals surface area (Å²) in [5.74, 6) is 1.11. The first-order valence-corrected chi connectivity index (χ1v) is 7.12. The SMILES string of the molecule is Cc1cc(N)n(CC(=O)NCc2noc([C@@H]3CCCO3)n2)n1. The van der Waals surface area contributed by atoms with Gasteiger partial charge in [-0.25, -0.2) is 4.68 Å². The van der Waals surface area contributed by atoms with Crippen LogP contribution < -0.4 is 11.1 Å². The second kappa shape index (κ2) is 6.14. The Hall–Kier alpha value is -2.42. The Balaban J connectivity index is 1.51. The molecule has 1 aliphatic rings. The van der Waals surface area contributed by atoms with Crippen LogP contribution in [0.2, 0.25) is 0 Å². The molecular weight excluding hydrogens is 288 g/mol. The summed E-state index contributed by atoms with van der Waals surface area (Å²) in [6.45, 7) is 2.77. The highest BCUT2D eigenvalue weighted by atomic mass is 16.5. The molecule has 3 rings (SSSR count). The smallest absolute Gasteiger partial charge is 0.255 e. The molecule has 0 radical (unpaired) electrons. The van der Waals surface area contributed by atoms with Crippen LogP contribution in [-0.2, 0) is 22.6 Å². The van der Waals surface area contributed by atoms with Crippen molar-refractivity contribution in [3.8, 4) is 0 Å². The second-order valence-electron chi connectivity index (χ2n) is 5.20. The van der Waals surface area contributed by atoms with E-state index >= 15 is 0 Å². The van der Waals surface area contributed by atoms with Gasteiger partial charge in [0.25, 0.3) is 5.89 Å². The molecule has 118 valence electrons. The van der Waals surface area contributed by atoms with Gasteiger partial charge in [0.2, 0.25) is 5.91 Å². The minimum absolute atomic E-state index is 0.0517. The number of aryl methyl sites for hydroxylation is 1. The van der Waals surface area contributed by atoms with E-state index in [1.54, 1.807) is 6.07 Å². The maximum Gasteiger partial charge on any atom is 0.255 e. The number of carbonyl (C=O) groups is 1. The molecule has 0 aliphatic carbocycles. The largest absolute Gasteiger partial charge is 0.384 e. The Morgan fingerprint density at radius 1 is 1.59 bits per heavy atom. The van der Waals surface area contributed by atoms with E-state index in [4.69, 9.17) is 15.0 Å². The van der Waals surface area contributed by atoms with Crippen LogP contribution in [0.5, 0.6) is 0 Å². The molecule has 1 atom stereocenters. The van der Waals surface area contributed by atoms with Gasteiger partial charge in [-0.2, -0.15) is 10.1 Å². The first-order valence-electron chi connectivity index (χ1n) is 7.12. The average Bonchev–Trinajstić information content (AvgIpc) is 3.19. The van der Waals surface area contributed by atoms with Crippen LogP contribution in [0.4, 0.5) is 5.82 Å². The molecule has 0 saturated carbocycles. The summed E-state index contributed by atoms with van der Waals surface area (Å²) in [5, 5.41) is 10.7. The van der Waals surface area contributed by atoms with Crippen LogP contribution in [0.1, 0.15) is 36.4 Å². The van der Waals surface area contributed by atoms with Gasteiger partial charge in [-0.3, -0.25) is 4.79 Å². The molecule has 2 aromatic rings. The minimum atomic E-state index is -0.224. The number of aromatic nitrogens is 4. The van der Waals surface area contributed by atoms with Gasteiger partial charge in [0.1, 0.15) is 18.5 Å². The molecule has 3 N–H and O–H groups in total. The van der Waals surface area contributed by atoms with Crippen LogP contribution >= 0.6 is 0 Å². The van der Waals surface area contributed by atoms with E-state index in [-0.39, 0.29) is 25.1 Å². The normalized spacial score (nSPS) is 17.8. The number of nitrogens with one attached hydrogen (secondary N) is 1. The predicted molar refractivity (Wildman–Crippen MR) is 75.4 cm³/mol. The fraction of sp³-hybridized carbons (Fsp3) is 0.538. The molecule has 1 saturated heterocycles. The van der Waals surface area contributed by atoms with Crippen molar-refractivity contribution in [2.24, 2.45) is 0 Å². The van der Waals surface area contributed by atoms with E-state index < -0.39 is 0 Å². The summed E-state index contributed by atoms with van der Waals surface area (Å²) < 4.78 is 12.1. The van der Waals surface area contributed by atoms with Crippen molar-refractivity contribution >= 4 is 11.7 Å². The Morgan fingerprint density at radius 2 is 2.45 bits per heavy atom. The Bertz CT molecular complexity index is 659. The third kappa shape index (κ3) is 3.25. The summed E-state index contributed by atoms with van der Waals surface area (Å²) in [4.78, 5) is 16.1. The van der Waals surface area contributed by atoms with Crippen molar-refractivity contribution in [2.75, 3.05) is 12.3 Å². The van der Waals surface area contributed by atoms with Crippen LogP contribution in [0, 0.1) is 6.92 Å². The van der Waals surface area contributed by atoms with Crippen LogP contribution in [-0.4, -0.2) is 32.4 Å². The molecule has 22 heavy (non-hydrogen) atoms. The van der Waals surface area contributed by atoms with E-state index in [9.17, 15) is 4.79 Å². The lowest BCUT2D eigenvalue weighted by Crippen LogP contribution is -2.28. The van der Waals surface area contributed by atoms with Crippen molar-refractivity contribution in [1.29, 1.82) is 0 Å². The summed E-state index contributed by atoms with van der Waals surface area (Å²) in [6.07, 6.45) is 1.75. The third-order valence-electron chi connectivity index (χ3n) is 3.36. The van der Waals surface area contributed by atoms with E-state index in [0.29, 0.717) is 24.1 Å². The van der Waals surface area contributed by atoms with Crippen molar-refractivity contribution in [3.05, 3.63) is 23.5 Å². The van der Waals surface area contributed by atoms with Crippen molar-refractivity contribution in [1.82, 2.24) is 25.2 Å². The molecule has 3 heterocycles. The van der Waals surface area contributed by atoms with Gasteiger partial charge in [-0.1, -0.05) is 5.16 Å². The Labute approximate surface area is 126 Å². The van der Waals surface area contributed by atoms with Gasteiger partial charge in [-0.05, 0) is 19.8 Å². The molecule has 1 amide bonds. The fourth-order valence-electron chi connectivity index (χ4n) is 2.30. The number of ether oxygens (including phenoxy) is 1. The van der Waals surface area contributed by atoms with Gasteiger partial charge in [0, 0.05) is 12.7 Å². The molecule has 9 nitrogen and oxygen atoms in total. The lowest BCUT2D eigenvalue weighted by molar-refractivity contribution is -0.122. The van der Waals surface area contributed by atoms with Gasteiger partial charge < -0.3 is 20.3 Å². The number of hydrogen-bond acceptors (Lipinski definition) is 7. The molecule has 0 aromatic carbocycles. The number of rotatable bonds is 5. The molecule has 0 bridgehead atoms. The highest BCUT2D eigenvalue weighted by molar-refractivity contribution is 5.75. The first kappa shape index (κ1) is 14.5. The number of anilines is 1. The Morgan fingerprint density at radius 3 is 3.14 bits per heavy atom. The number of nitrogens with zero attached hydrogens (tertiary/aromatic N) is 4. The number of hydrogen-bond donors (Lipinski definition) is 2. The summed E-state index contributed by atoms with van der Waals surface area (Å²) >= 11 is 0. The van der Waals surface area contributed by atoms with Gasteiger partial charge in [0.15, 0.2) is 5.82 Å². The van der Waals surface area contributed by atoms with Gasteiger partial charge >= 0.3 is 0 Å². The van der Waals surface area contributed by atoms with E-state index in [2.05, 4.69) is 20.6 Å². The third-order valence-corrected chi connectivity index (χ3v) is 3.36. The zero-order valence-corrected chi connectivity index (χ0v) is 12.3. The molecule has 1 aliphatic heterocycles. The molecule has 0 spiro atoms. The number of amides is 1. The van der Waals surface area contributed by atoms with Crippen LogP contribution in [0.15, 0.2) is 10.6 Å². The van der Waals surface area contributed by atoms with Crippen LogP contribution in [0.3, 0.4) is 0 Å². The quantitative estimate of drug-likeness (QED) is 0.816. The topological polar surface area (TPSA) is 121 Å². The maximum atomic E-state index is 11.9. The first-order chi connectivity index (χ1) is 10.6.